The number of rotatable bonds is 16. The molecule has 23 heteroatoms. The second-order valence-electron chi connectivity index (χ2n) is 12.9. The Morgan fingerprint density at radius 3 is 2.69 bits per heavy atom. The number of nitrogens with zero attached hydrogens (tertiary/aromatic N) is 5. The van der Waals surface area contributed by atoms with Crippen LogP contribution in [0.5, 0.6) is 5.75 Å². The van der Waals surface area contributed by atoms with E-state index in [0.717, 1.165) is 28.0 Å². The highest BCUT2D eigenvalue weighted by Crippen LogP contribution is 2.37. The quantitative estimate of drug-likeness (QED) is 0.0325. The molecule has 21 nitrogen and oxygen atoms in total. The molecule has 0 radical (unpaired) electrons. The lowest BCUT2D eigenvalue weighted by atomic mass is 9.84. The molecule has 1 aromatic carbocycles. The van der Waals surface area contributed by atoms with E-state index in [1.165, 1.54) is 26.2 Å². The Hall–Kier alpha value is -5.49. The highest BCUT2D eigenvalue weighted by Gasteiger charge is 2.58. The number of aliphatic hydroxyl groups is 1. The highest BCUT2D eigenvalue weighted by atomic mass is 32.3. The molecule has 0 spiro atoms. The van der Waals surface area contributed by atoms with Gasteiger partial charge in [0.15, 0.2) is 16.9 Å². The van der Waals surface area contributed by atoms with Crippen LogP contribution < -0.4 is 31.4 Å². The third kappa shape index (κ3) is 8.18. The van der Waals surface area contributed by atoms with Crippen molar-refractivity contribution in [1.82, 2.24) is 20.3 Å². The van der Waals surface area contributed by atoms with E-state index in [4.69, 9.17) is 21.0 Å². The average molecular weight is 793 g/mol. The molecule has 3 aromatic rings. The van der Waals surface area contributed by atoms with Crippen molar-refractivity contribution >= 4 is 62.8 Å². The van der Waals surface area contributed by atoms with Crippen LogP contribution in [0.25, 0.3) is 11.1 Å². The van der Waals surface area contributed by atoms with Crippen LogP contribution >= 0.6 is 11.3 Å². The Morgan fingerprint density at radius 1 is 1.33 bits per heavy atom. The maximum absolute atomic E-state index is 13.6. The number of carboxylic acid groups (broad SMARTS) is 1. The molecule has 2 aliphatic rings. The van der Waals surface area contributed by atoms with Gasteiger partial charge in [0.05, 0.1) is 31.4 Å². The van der Waals surface area contributed by atoms with Gasteiger partial charge in [-0.1, -0.05) is 16.2 Å². The van der Waals surface area contributed by atoms with E-state index in [-0.39, 0.29) is 30.3 Å². The van der Waals surface area contributed by atoms with E-state index >= 15 is 0 Å². The number of thiazole rings is 1. The number of hydroxylamine groups is 2. The van der Waals surface area contributed by atoms with Gasteiger partial charge in [0, 0.05) is 17.5 Å². The summed E-state index contributed by atoms with van der Waals surface area (Å²) in [6.45, 7) is 3.89. The van der Waals surface area contributed by atoms with Gasteiger partial charge >= 0.3 is 28.8 Å². The SMILES string of the molecule is C[n+]1cc(-c2ccc3c(c2)CC[C@H]([C@](C)(O/N=C(\C(=O)N[C@@H]2C(=O)N(OS(=O)(=O)OC=O)C2(C)C)c2csc(N)n2)C(=O)O)O3)cnc1NC[C@H](O)CN. The summed E-state index contributed by atoms with van der Waals surface area (Å²) in [4.78, 5) is 63.7. The number of hydrogen-bond donors (Lipinski definition) is 6. The maximum Gasteiger partial charge on any atom is 0.473 e. The zero-order valence-corrected chi connectivity index (χ0v) is 30.9. The number of carbonyl (C=O) groups excluding carboxylic acids is 3. The van der Waals surface area contributed by atoms with E-state index in [0.29, 0.717) is 23.2 Å². The maximum atomic E-state index is 13.6. The number of benzene rings is 1. The molecule has 0 unspecified atom stereocenters. The largest absolute Gasteiger partial charge is 0.485 e. The number of β-lactam (4-membered cyclic amide) rings is 1. The van der Waals surface area contributed by atoms with E-state index < -0.39 is 69.8 Å². The third-order valence-electron chi connectivity index (χ3n) is 8.72. The molecule has 290 valence electrons. The Bertz CT molecular complexity index is 2090. The van der Waals surface area contributed by atoms with Crippen LogP contribution in [0.3, 0.4) is 0 Å². The molecule has 4 atom stereocenters. The Balaban J connectivity index is 1.33. The number of carbonyl (C=O) groups is 4. The number of hydrogen-bond acceptors (Lipinski definition) is 18. The van der Waals surface area contributed by atoms with Crippen LogP contribution in [-0.2, 0) is 56.4 Å². The summed E-state index contributed by atoms with van der Waals surface area (Å²) < 4.78 is 39.9. The summed E-state index contributed by atoms with van der Waals surface area (Å²) in [6.07, 6.45) is 2.28. The molecule has 4 heterocycles. The second kappa shape index (κ2) is 15.5. The number of nitrogens with one attached hydrogen (secondary N) is 2. The summed E-state index contributed by atoms with van der Waals surface area (Å²) >= 11 is 0.949. The summed E-state index contributed by atoms with van der Waals surface area (Å²) in [5, 5.41) is 31.2. The first-order valence-electron chi connectivity index (χ1n) is 16.1. The first-order valence-corrected chi connectivity index (χ1v) is 18.3. The lowest BCUT2D eigenvalue weighted by Gasteiger charge is -2.50. The molecule has 2 aromatic heterocycles. The van der Waals surface area contributed by atoms with Crippen LogP contribution in [0.1, 0.15) is 38.4 Å². The summed E-state index contributed by atoms with van der Waals surface area (Å²) in [6, 6.07) is 4.01. The van der Waals surface area contributed by atoms with Crippen molar-refractivity contribution in [3.8, 4) is 16.9 Å². The minimum Gasteiger partial charge on any atom is -0.485 e. The van der Waals surface area contributed by atoms with Gasteiger partial charge in [-0.3, -0.25) is 19.7 Å². The van der Waals surface area contributed by atoms with Gasteiger partial charge < -0.3 is 40.8 Å². The molecule has 2 aliphatic heterocycles. The van der Waals surface area contributed by atoms with Gasteiger partial charge in [-0.15, -0.1) is 15.6 Å². The molecule has 1 fully saturated rings. The molecule has 1 saturated heterocycles. The number of nitrogens with two attached hydrogens (primary N) is 2. The smallest absolute Gasteiger partial charge is 0.473 e. The first-order chi connectivity index (χ1) is 25.4. The van der Waals surface area contributed by atoms with Crippen molar-refractivity contribution in [2.75, 3.05) is 24.1 Å². The molecule has 5 rings (SSSR count). The minimum atomic E-state index is -4.91. The number of amides is 2. The lowest BCUT2D eigenvalue weighted by Crippen LogP contribution is -2.77. The standard InChI is InChI=1S/C31H37N9O12S2/c1-30(2)24(26(44)40(30)52-54(47,48)49-15-41)37-25(43)23(20-14-53-28(33)36-20)38-51-31(3,27(45)46)22-8-6-17-9-16(5-7-21(17)50-22)18-11-34-29(39(4)13-18)35-12-19(42)10-32/h5,7,9,11,13-15,19,22,24,42H,6,8,10,12,32H2,1-4H3,(H4,33,36,37,43,45,46)/p+1/b38-23-/t19-,22-,24-,31+/m1/s1. The number of aryl methyl sites for hydroxylation is 2. The van der Waals surface area contributed by atoms with Crippen molar-refractivity contribution < 1.29 is 60.4 Å². The van der Waals surface area contributed by atoms with Crippen molar-refractivity contribution in [2.24, 2.45) is 17.9 Å². The molecular weight excluding hydrogens is 755 g/mol. The molecule has 8 N–H and O–H groups in total. The zero-order chi connectivity index (χ0) is 39.6. The number of ether oxygens (including phenoxy) is 1. The average Bonchev–Trinajstić information content (AvgIpc) is 3.56. The van der Waals surface area contributed by atoms with Gasteiger partial charge in [-0.2, -0.15) is 13.5 Å². The van der Waals surface area contributed by atoms with Crippen LogP contribution in [0.15, 0.2) is 41.1 Å². The molecular formula is C31H38N9O12S2+. The number of anilines is 2. The van der Waals surface area contributed by atoms with Crippen LogP contribution in [0.2, 0.25) is 0 Å². The van der Waals surface area contributed by atoms with Gasteiger partial charge in [0.1, 0.15) is 23.7 Å². The number of nitrogen functional groups attached to an aromatic ring is 1. The fourth-order valence-corrected chi connectivity index (χ4v) is 6.68. The first kappa shape index (κ1) is 39.7. The minimum absolute atomic E-state index is 0.0394. The number of oxime groups is 1. The number of aromatic nitrogens is 3. The fraction of sp³-hybridized carbons (Fsp3) is 0.419. The predicted octanol–water partition coefficient (Wildman–Crippen LogP) is -1.24. The van der Waals surface area contributed by atoms with E-state index in [1.54, 1.807) is 29.9 Å². The Morgan fingerprint density at radius 2 is 2.07 bits per heavy atom. The van der Waals surface area contributed by atoms with E-state index in [2.05, 4.69) is 34.2 Å². The summed E-state index contributed by atoms with van der Waals surface area (Å²) in [5.74, 6) is -2.59. The number of carboxylic acids is 1. The van der Waals surface area contributed by atoms with Crippen LogP contribution in [0.4, 0.5) is 11.1 Å². The third-order valence-corrected chi connectivity index (χ3v) is 10.0. The molecule has 0 saturated carbocycles. The van der Waals surface area contributed by atoms with Gasteiger partial charge in [-0.05, 0) is 56.9 Å². The van der Waals surface area contributed by atoms with E-state index in [9.17, 15) is 37.8 Å². The van der Waals surface area contributed by atoms with Crippen LogP contribution in [-0.4, -0.2) is 106 Å². The Labute approximate surface area is 312 Å². The Kier molecular flexibility index (Phi) is 11.4. The van der Waals surface area contributed by atoms with Crippen LogP contribution in [0, 0.1) is 0 Å². The molecule has 0 bridgehead atoms. The van der Waals surface area contributed by atoms with E-state index in [1.807, 2.05) is 12.3 Å². The van der Waals surface area contributed by atoms with Crippen molar-refractivity contribution in [3.05, 3.63) is 47.2 Å². The number of fused-ring (bicyclic) bond motifs is 1. The second-order valence-corrected chi connectivity index (χ2v) is 14.9. The van der Waals surface area contributed by atoms with Gasteiger partial charge in [0.25, 0.3) is 17.4 Å². The summed E-state index contributed by atoms with van der Waals surface area (Å²) in [7, 11) is -3.11. The fourth-order valence-electron chi connectivity index (χ4n) is 5.55. The zero-order valence-electron chi connectivity index (χ0n) is 29.3. The monoisotopic (exact) mass is 792 g/mol. The molecule has 54 heavy (non-hydrogen) atoms. The van der Waals surface area contributed by atoms with Crippen molar-refractivity contribution in [2.45, 2.75) is 63.0 Å². The predicted molar refractivity (Wildman–Crippen MR) is 187 cm³/mol. The highest BCUT2D eigenvalue weighted by molar-refractivity contribution is 7.82. The normalized spacial score (nSPS) is 19.6. The molecule has 2 amide bonds. The van der Waals surface area contributed by atoms with Gasteiger partial charge in [-0.25, -0.2) is 14.3 Å². The lowest BCUT2D eigenvalue weighted by molar-refractivity contribution is -0.659. The molecule has 0 aliphatic carbocycles. The topological polar surface area (TPSA) is 301 Å². The van der Waals surface area contributed by atoms with Crippen molar-refractivity contribution in [3.63, 3.8) is 0 Å². The van der Waals surface area contributed by atoms with Gasteiger partial charge in [0.2, 0.25) is 0 Å². The number of aliphatic carboxylic acids is 1. The number of aliphatic hydroxyl groups excluding tert-OH is 1. The summed E-state index contributed by atoms with van der Waals surface area (Å²) in [5.41, 5.74) is 9.37. The van der Waals surface area contributed by atoms with Crippen molar-refractivity contribution in [1.29, 1.82) is 0 Å².